The van der Waals surface area contributed by atoms with Crippen LogP contribution >= 0.6 is 0 Å². The van der Waals surface area contributed by atoms with Crippen molar-refractivity contribution >= 4 is 17.7 Å². The number of amides is 1. The highest BCUT2D eigenvalue weighted by Crippen LogP contribution is 2.51. The minimum Gasteiger partial charge on any atom is -0.479 e. The third kappa shape index (κ3) is 3.82. The fraction of sp³-hybridized carbons (Fsp3) is 0.529. The van der Waals surface area contributed by atoms with Crippen LogP contribution < -0.4 is 5.32 Å². The van der Waals surface area contributed by atoms with E-state index in [1.165, 1.54) is 0 Å². The summed E-state index contributed by atoms with van der Waals surface area (Å²) in [7, 11) is 0. The Balaban J connectivity index is 2.16. The van der Waals surface area contributed by atoms with Crippen molar-refractivity contribution in [3.63, 3.8) is 0 Å². The van der Waals surface area contributed by atoms with Gasteiger partial charge in [-0.3, -0.25) is 5.32 Å². The number of hydrogen-bond acceptors (Lipinski definition) is 4. The molecule has 0 aliphatic heterocycles. The summed E-state index contributed by atoms with van der Waals surface area (Å²) in [5.41, 5.74) is 0.878. The number of aliphatic carboxylic acids is 1. The standard InChI is InChI=1S/C17H23NO5/c1-10-9-11(17(7-8-17)13(19)14(20)21)5-6-12(10)18-15(22)23-16(2,3)4/h5-6,9,13,19H,7-8H2,1-4H3,(H,18,22)(H,20,21). The van der Waals surface area contributed by atoms with E-state index in [0.717, 1.165) is 11.1 Å². The zero-order valence-corrected chi connectivity index (χ0v) is 13.8. The Morgan fingerprint density at radius 3 is 2.35 bits per heavy atom. The number of carbonyl (C=O) groups excluding carboxylic acids is 1. The maximum atomic E-state index is 11.8. The van der Waals surface area contributed by atoms with Crippen molar-refractivity contribution in [3.8, 4) is 0 Å². The van der Waals surface area contributed by atoms with Crippen LogP contribution in [0.1, 0.15) is 44.7 Å². The molecule has 1 aromatic rings. The molecule has 1 amide bonds. The van der Waals surface area contributed by atoms with Crippen LogP contribution in [0.3, 0.4) is 0 Å². The summed E-state index contributed by atoms with van der Waals surface area (Å²) >= 11 is 0. The van der Waals surface area contributed by atoms with E-state index in [-0.39, 0.29) is 0 Å². The smallest absolute Gasteiger partial charge is 0.412 e. The Kier molecular flexibility index (Phi) is 4.39. The second kappa shape index (κ2) is 5.85. The van der Waals surface area contributed by atoms with Crippen LogP contribution in [0.15, 0.2) is 18.2 Å². The lowest BCUT2D eigenvalue weighted by atomic mass is 9.88. The van der Waals surface area contributed by atoms with Crippen LogP contribution in [-0.4, -0.2) is 34.0 Å². The summed E-state index contributed by atoms with van der Waals surface area (Å²) < 4.78 is 5.21. The molecule has 23 heavy (non-hydrogen) atoms. The highest BCUT2D eigenvalue weighted by Gasteiger charge is 2.53. The van der Waals surface area contributed by atoms with Gasteiger partial charge >= 0.3 is 12.1 Å². The van der Waals surface area contributed by atoms with E-state index in [9.17, 15) is 14.7 Å². The van der Waals surface area contributed by atoms with Crippen molar-refractivity contribution in [3.05, 3.63) is 29.3 Å². The van der Waals surface area contributed by atoms with E-state index < -0.39 is 29.2 Å². The zero-order chi connectivity index (χ0) is 17.4. The summed E-state index contributed by atoms with van der Waals surface area (Å²) in [6.45, 7) is 7.17. The number of carbonyl (C=O) groups is 2. The van der Waals surface area contributed by atoms with E-state index >= 15 is 0 Å². The van der Waals surface area contributed by atoms with Gasteiger partial charge in [0.05, 0.1) is 0 Å². The lowest BCUT2D eigenvalue weighted by molar-refractivity contribution is -0.148. The fourth-order valence-corrected chi connectivity index (χ4v) is 2.62. The quantitative estimate of drug-likeness (QED) is 0.792. The average molecular weight is 321 g/mol. The number of carboxylic acids is 1. The number of benzene rings is 1. The summed E-state index contributed by atoms with van der Waals surface area (Å²) in [5, 5.41) is 21.6. The van der Waals surface area contributed by atoms with Crippen LogP contribution in [0.5, 0.6) is 0 Å². The predicted octanol–water partition coefficient (Wildman–Crippen LogP) is 2.82. The van der Waals surface area contributed by atoms with E-state index in [1.807, 2.05) is 13.0 Å². The van der Waals surface area contributed by atoms with Gasteiger partial charge in [-0.1, -0.05) is 12.1 Å². The number of rotatable bonds is 4. The Hall–Kier alpha value is -2.08. The molecule has 0 saturated heterocycles. The largest absolute Gasteiger partial charge is 0.479 e. The van der Waals surface area contributed by atoms with Gasteiger partial charge < -0.3 is 14.9 Å². The lowest BCUT2D eigenvalue weighted by Crippen LogP contribution is -2.34. The van der Waals surface area contributed by atoms with Gasteiger partial charge in [-0.15, -0.1) is 0 Å². The molecule has 0 bridgehead atoms. The minimum absolute atomic E-state index is 0.542. The normalized spacial score (nSPS) is 17.3. The predicted molar refractivity (Wildman–Crippen MR) is 85.6 cm³/mol. The number of hydrogen-bond donors (Lipinski definition) is 3. The summed E-state index contributed by atoms with van der Waals surface area (Å²) in [6, 6.07) is 5.27. The molecule has 1 unspecified atom stereocenters. The molecular weight excluding hydrogens is 298 g/mol. The van der Waals surface area contributed by atoms with Gasteiger partial charge in [-0.05, 0) is 57.7 Å². The summed E-state index contributed by atoms with van der Waals surface area (Å²) in [5.74, 6) is -1.21. The third-order valence-electron chi connectivity index (χ3n) is 3.98. The highest BCUT2D eigenvalue weighted by molar-refractivity contribution is 5.86. The average Bonchev–Trinajstić information content (AvgIpc) is 3.19. The van der Waals surface area contributed by atoms with Crippen molar-refractivity contribution in [2.75, 3.05) is 5.32 Å². The number of aliphatic hydroxyl groups is 1. The third-order valence-corrected chi connectivity index (χ3v) is 3.98. The van der Waals surface area contributed by atoms with Crippen molar-refractivity contribution in [2.45, 2.75) is 57.7 Å². The Labute approximate surface area is 135 Å². The number of ether oxygens (including phenoxy) is 1. The molecule has 0 aromatic heterocycles. The summed E-state index contributed by atoms with van der Waals surface area (Å²) in [6.07, 6.45) is -0.677. The first-order valence-corrected chi connectivity index (χ1v) is 7.57. The lowest BCUT2D eigenvalue weighted by Gasteiger charge is -2.22. The van der Waals surface area contributed by atoms with Gasteiger partial charge in [0.1, 0.15) is 5.60 Å². The van der Waals surface area contributed by atoms with Crippen molar-refractivity contribution in [1.29, 1.82) is 0 Å². The molecule has 6 heteroatoms. The molecule has 3 N–H and O–H groups in total. The molecule has 126 valence electrons. The maximum Gasteiger partial charge on any atom is 0.412 e. The van der Waals surface area contributed by atoms with E-state index in [1.54, 1.807) is 32.9 Å². The molecule has 1 aliphatic carbocycles. The Morgan fingerprint density at radius 1 is 1.30 bits per heavy atom. The zero-order valence-electron chi connectivity index (χ0n) is 13.8. The van der Waals surface area contributed by atoms with Crippen molar-refractivity contribution < 1.29 is 24.5 Å². The minimum atomic E-state index is -1.41. The van der Waals surface area contributed by atoms with Gasteiger partial charge in [0, 0.05) is 11.1 Å². The molecule has 1 aliphatic rings. The molecule has 6 nitrogen and oxygen atoms in total. The topological polar surface area (TPSA) is 95.9 Å². The second-order valence-electron chi connectivity index (χ2n) is 7.05. The van der Waals surface area contributed by atoms with E-state index in [4.69, 9.17) is 9.84 Å². The number of nitrogens with one attached hydrogen (secondary N) is 1. The van der Waals surface area contributed by atoms with Crippen LogP contribution in [0.25, 0.3) is 0 Å². The van der Waals surface area contributed by atoms with E-state index in [2.05, 4.69) is 5.32 Å². The molecule has 0 spiro atoms. The molecule has 0 heterocycles. The molecule has 2 rings (SSSR count). The molecule has 1 aromatic carbocycles. The van der Waals surface area contributed by atoms with Crippen molar-refractivity contribution in [2.24, 2.45) is 0 Å². The molecule has 1 saturated carbocycles. The van der Waals surface area contributed by atoms with Crippen molar-refractivity contribution in [1.82, 2.24) is 0 Å². The number of aryl methyl sites for hydroxylation is 1. The molecule has 0 radical (unpaired) electrons. The number of aliphatic hydroxyl groups excluding tert-OH is 1. The first-order valence-electron chi connectivity index (χ1n) is 7.57. The second-order valence-corrected chi connectivity index (χ2v) is 7.05. The van der Waals surface area contributed by atoms with Crippen LogP contribution in [0.4, 0.5) is 10.5 Å². The molecule has 1 atom stereocenters. The molecular formula is C17H23NO5. The monoisotopic (exact) mass is 321 g/mol. The van der Waals surface area contributed by atoms with Gasteiger partial charge in [-0.25, -0.2) is 9.59 Å². The highest BCUT2D eigenvalue weighted by atomic mass is 16.6. The number of anilines is 1. The van der Waals surface area contributed by atoms with Crippen LogP contribution in [-0.2, 0) is 14.9 Å². The fourth-order valence-electron chi connectivity index (χ4n) is 2.62. The molecule has 1 fully saturated rings. The maximum absolute atomic E-state index is 11.8. The Morgan fingerprint density at radius 2 is 1.91 bits per heavy atom. The van der Waals surface area contributed by atoms with Gasteiger partial charge in [-0.2, -0.15) is 0 Å². The number of carboxylic acid groups (broad SMARTS) is 1. The van der Waals surface area contributed by atoms with E-state index in [0.29, 0.717) is 18.5 Å². The SMILES string of the molecule is Cc1cc(C2(C(O)C(=O)O)CC2)ccc1NC(=O)OC(C)(C)C. The van der Waals surface area contributed by atoms with Crippen LogP contribution in [0, 0.1) is 6.92 Å². The first kappa shape index (κ1) is 17.3. The first-order chi connectivity index (χ1) is 10.5. The van der Waals surface area contributed by atoms with Crippen LogP contribution in [0.2, 0.25) is 0 Å². The Bertz CT molecular complexity index is 628. The summed E-state index contributed by atoms with van der Waals surface area (Å²) in [4.78, 5) is 22.9. The van der Waals surface area contributed by atoms with Gasteiger partial charge in [0.25, 0.3) is 0 Å². The van der Waals surface area contributed by atoms with Gasteiger partial charge in [0.15, 0.2) is 6.10 Å². The van der Waals surface area contributed by atoms with Gasteiger partial charge in [0.2, 0.25) is 0 Å².